The molecule has 0 nitrogen and oxygen atoms in total. The number of rotatable bonds is 7. The maximum Gasteiger partial charge on any atom is -0.0134 e. The van der Waals surface area contributed by atoms with Gasteiger partial charge in [-0.2, -0.15) is 0 Å². The Balaban J connectivity index is 0.000000157. The monoisotopic (exact) mass is 922 g/mol. The molecule has 0 saturated carbocycles. The van der Waals surface area contributed by atoms with Crippen LogP contribution in [0.1, 0.15) is 11.1 Å². The van der Waals surface area contributed by atoms with Gasteiger partial charge in [0.15, 0.2) is 0 Å². The van der Waals surface area contributed by atoms with Crippen molar-refractivity contribution in [2.45, 2.75) is 12.4 Å². The van der Waals surface area contributed by atoms with E-state index in [-0.39, 0.29) is 10.1 Å². The van der Waals surface area contributed by atoms with Gasteiger partial charge in [-0.1, -0.05) is 182 Å². The largest absolute Gasteiger partial charge is 0.0622 e. The van der Waals surface area contributed by atoms with Crippen molar-refractivity contribution in [3.63, 3.8) is 0 Å². The Bertz CT molecular complexity index is 1780. The van der Waals surface area contributed by atoms with Crippen molar-refractivity contribution >= 4 is 65.1 Å². The average molecular weight is 924 g/mol. The average Bonchev–Trinajstić information content (AvgIpc) is 3.20. The van der Waals surface area contributed by atoms with E-state index in [1.165, 1.54) is 31.8 Å². The summed E-state index contributed by atoms with van der Waals surface area (Å²) in [6, 6.07) is 66.2. The molecule has 0 aliphatic heterocycles. The van der Waals surface area contributed by atoms with Gasteiger partial charge in [-0.15, -0.1) is 0 Å². The van der Waals surface area contributed by atoms with Crippen LogP contribution in [0.15, 0.2) is 200 Å². The van der Waals surface area contributed by atoms with Gasteiger partial charge in [0.05, 0.1) is 0 Å². The fraction of sp³-hybridized carbons (Fsp3) is 0.0455. The number of benzene rings is 7. The van der Waals surface area contributed by atoms with E-state index >= 15 is 0 Å². The Kier molecular flexibility index (Phi) is 15.4. The van der Waals surface area contributed by atoms with Crippen LogP contribution in [-0.4, -0.2) is 0 Å². The molecule has 0 spiro atoms. The summed E-state index contributed by atoms with van der Waals surface area (Å²) >= 11 is 2.38. The molecule has 0 saturated heterocycles. The van der Waals surface area contributed by atoms with Crippen LogP contribution in [0, 0.1) is 0 Å². The van der Waals surface area contributed by atoms with Crippen LogP contribution in [0.5, 0.6) is 0 Å². The number of hydrogen-bond donors (Lipinski definition) is 0. The Morgan fingerprint density at radius 2 is 0.537 bits per heavy atom. The van der Waals surface area contributed by atoms with Crippen molar-refractivity contribution < 1.29 is 42.3 Å². The molecule has 7 rings (SSSR count). The van der Waals surface area contributed by atoms with Gasteiger partial charge in [-0.3, -0.25) is 0 Å². The third-order valence-electron chi connectivity index (χ3n) is 7.69. The third kappa shape index (κ3) is 12.1. The molecule has 0 fully saturated rings. The van der Waals surface area contributed by atoms with Gasteiger partial charge < -0.3 is 0 Å². The standard InChI is InChI=1S/2C18H15P.C8H3F6.BrH.Pd/c2*1-4-10-16(11-5-1)19(17-12-6-2-7-13-17)18-14-8-3-9-15-18;9-7(10,11)5-2-1-3-6(4-5)8(12,13)14;;/h2*1-15H;2-4H;1H;/q;;;;+1/p-1. The Labute approximate surface area is 329 Å². The maximum absolute atomic E-state index is 12.3. The van der Waals surface area contributed by atoms with Gasteiger partial charge >= 0.3 is 101 Å². The number of halogens is 7. The molecule has 0 aromatic heterocycles. The minimum absolute atomic E-state index is 0.0175. The van der Waals surface area contributed by atoms with Crippen LogP contribution < -0.4 is 35.9 Å². The Morgan fingerprint density at radius 1 is 0.333 bits per heavy atom. The van der Waals surface area contributed by atoms with Crippen molar-refractivity contribution in [2.75, 3.05) is 0 Å². The molecule has 7 aromatic carbocycles. The second kappa shape index (κ2) is 20.2. The molecule has 0 amide bonds. The molecule has 0 aliphatic rings. The van der Waals surface area contributed by atoms with Gasteiger partial charge in [-0.05, 0) is 47.7 Å². The topological polar surface area (TPSA) is 0 Å². The van der Waals surface area contributed by atoms with Gasteiger partial charge in [0, 0.05) is 0 Å². The van der Waals surface area contributed by atoms with Crippen molar-refractivity contribution in [3.8, 4) is 0 Å². The third-order valence-corrected chi connectivity index (χ3v) is 15.1. The van der Waals surface area contributed by atoms with Gasteiger partial charge in [0.1, 0.15) is 0 Å². The zero-order valence-corrected chi connectivity index (χ0v) is 33.3. The molecule has 0 aliphatic carbocycles. The molecule has 0 N–H and O–H groups in total. The predicted molar refractivity (Wildman–Crippen MR) is 215 cm³/mol. The first-order valence-corrected chi connectivity index (χ1v) is 23.5. The maximum atomic E-state index is 12.3. The summed E-state index contributed by atoms with van der Waals surface area (Å²) in [4.78, 5) is 0. The molecule has 0 bridgehead atoms. The second-order valence-corrected chi connectivity index (χ2v) is 18.5. The fourth-order valence-corrected chi connectivity index (χ4v) is 11.4. The van der Waals surface area contributed by atoms with Crippen LogP contribution in [0.3, 0.4) is 0 Å². The molecule has 0 heterocycles. The van der Waals surface area contributed by atoms with E-state index in [0.29, 0.717) is 12.1 Å². The summed E-state index contributed by atoms with van der Waals surface area (Å²) in [5, 5.41) is 8.39. The molecule has 54 heavy (non-hydrogen) atoms. The van der Waals surface area contributed by atoms with Crippen LogP contribution in [-0.2, 0) is 28.3 Å². The summed E-state index contributed by atoms with van der Waals surface area (Å²) in [7, 11) is -0.892. The normalized spacial score (nSPS) is 11.4. The Hall–Kier alpha value is -3.88. The van der Waals surface area contributed by atoms with Crippen LogP contribution in [0.2, 0.25) is 0 Å². The van der Waals surface area contributed by atoms with Gasteiger partial charge in [-0.25, -0.2) is 0 Å². The van der Waals surface area contributed by atoms with E-state index in [9.17, 15) is 26.3 Å². The molecule has 0 atom stereocenters. The van der Waals surface area contributed by atoms with Gasteiger partial charge in [0.25, 0.3) is 0 Å². The van der Waals surface area contributed by atoms with Crippen molar-refractivity contribution in [2.24, 2.45) is 0 Å². The van der Waals surface area contributed by atoms with E-state index < -0.39 is 55.3 Å². The molecule has 278 valence electrons. The molecular formula is C44H33BrF6P2Pd. The first-order chi connectivity index (χ1) is 26.0. The predicted octanol–water partition coefficient (Wildman–Crippen LogP) is 10.6. The fourth-order valence-electron chi connectivity index (χ4n) is 5.29. The first-order valence-electron chi connectivity index (χ1n) is 16.4. The zero-order chi connectivity index (χ0) is 38.4. The van der Waals surface area contributed by atoms with Gasteiger partial charge in [0.2, 0.25) is 0 Å². The summed E-state index contributed by atoms with van der Waals surface area (Å²) in [6.45, 7) is 0. The minimum Gasteiger partial charge on any atom is -0.0622 e. The first kappa shape index (κ1) is 41.3. The second-order valence-electron chi connectivity index (χ2n) is 11.4. The summed E-state index contributed by atoms with van der Waals surface area (Å²) in [5.74, 6) is 0. The smallest absolute Gasteiger partial charge is 0.0134 e. The van der Waals surface area contributed by atoms with E-state index in [1.807, 2.05) is 0 Å². The summed E-state index contributed by atoms with van der Waals surface area (Å²) < 4.78 is 73.8. The van der Waals surface area contributed by atoms with Crippen molar-refractivity contribution in [3.05, 3.63) is 211 Å². The molecule has 10 heteroatoms. The van der Waals surface area contributed by atoms with Crippen LogP contribution in [0.4, 0.5) is 26.3 Å². The van der Waals surface area contributed by atoms with E-state index in [2.05, 4.69) is 195 Å². The van der Waals surface area contributed by atoms with Crippen molar-refractivity contribution in [1.82, 2.24) is 0 Å². The van der Waals surface area contributed by atoms with Crippen molar-refractivity contribution in [1.29, 1.82) is 0 Å². The SMILES string of the molecule is FC(F)(F)c1c[c]([Pd][Br])cc(C(F)(F)F)c1.c1ccc(P(c2ccccc2)c2ccccc2)cc1.c1ccc(P(c2ccccc2)c2ccccc2)cc1. The summed E-state index contributed by atoms with van der Waals surface area (Å²) in [5.41, 5.74) is -2.56. The van der Waals surface area contributed by atoms with E-state index in [1.54, 1.807) is 0 Å². The molecule has 0 unspecified atom stereocenters. The van der Waals surface area contributed by atoms with E-state index in [4.69, 9.17) is 0 Å². The van der Waals surface area contributed by atoms with Crippen LogP contribution in [0.25, 0.3) is 0 Å². The Morgan fingerprint density at radius 3 is 0.704 bits per heavy atom. The number of hydrogen-bond acceptors (Lipinski definition) is 0. The van der Waals surface area contributed by atoms with E-state index in [0.717, 1.165) is 0 Å². The number of alkyl halides is 6. The minimum atomic E-state index is -4.77. The molecular weight excluding hydrogens is 891 g/mol. The van der Waals surface area contributed by atoms with Crippen LogP contribution >= 0.6 is 29.3 Å². The quantitative estimate of drug-likeness (QED) is 0.0849. The molecule has 7 aromatic rings. The zero-order valence-electron chi connectivity index (χ0n) is 28.4. The molecule has 0 radical (unpaired) electrons. The summed E-state index contributed by atoms with van der Waals surface area (Å²) in [6.07, 6.45) is -9.54.